The second-order valence-electron chi connectivity index (χ2n) is 8.60. The molecule has 5 rings (SSSR count). The fourth-order valence-electron chi connectivity index (χ4n) is 4.13. The monoisotopic (exact) mass is 499 g/mol. The van der Waals surface area contributed by atoms with Crippen molar-refractivity contribution in [3.05, 3.63) is 76.2 Å². The van der Waals surface area contributed by atoms with Crippen LogP contribution in [0.25, 0.3) is 17.5 Å². The van der Waals surface area contributed by atoms with E-state index in [2.05, 4.69) is 10.00 Å². The molecule has 2 heterocycles. The Kier molecular flexibility index (Phi) is 6.48. The summed E-state index contributed by atoms with van der Waals surface area (Å²) in [4.78, 5) is 2.12. The molecule has 0 N–H and O–H groups in total. The van der Waals surface area contributed by atoms with E-state index in [0.29, 0.717) is 49.0 Å². The number of piperazine rings is 1. The number of aromatic nitrogens is 3. The average molecular weight is 500 g/mol. The minimum absolute atomic E-state index is 0.259. The smallest absolute Gasteiger partial charge is 0.236 e. The number of benzene rings is 2. The van der Waals surface area contributed by atoms with Crippen molar-refractivity contribution in [2.75, 3.05) is 26.2 Å². The number of rotatable bonds is 7. The largest absolute Gasteiger partial charge is 0.297 e. The van der Waals surface area contributed by atoms with Crippen LogP contribution < -0.4 is 0 Å². The molecule has 7 nitrogen and oxygen atoms in total. The topological polar surface area (TPSA) is 63.4 Å². The SMILES string of the molecule is O=S(=O)(C=Cc1ccccc1)N1CCN(Cn2nc(-c3ccccc3F)n(C3CC3)c2=S)CC1. The first-order chi connectivity index (χ1) is 16.4. The van der Waals surface area contributed by atoms with Gasteiger partial charge in [0.15, 0.2) is 10.6 Å². The predicted octanol–water partition coefficient (Wildman–Crippen LogP) is 4.13. The first kappa shape index (κ1) is 23.1. The summed E-state index contributed by atoms with van der Waals surface area (Å²) in [5, 5.41) is 5.95. The van der Waals surface area contributed by atoms with E-state index in [0.717, 1.165) is 18.4 Å². The van der Waals surface area contributed by atoms with Gasteiger partial charge in [0.05, 0.1) is 12.2 Å². The van der Waals surface area contributed by atoms with Gasteiger partial charge in [0.2, 0.25) is 10.0 Å². The van der Waals surface area contributed by atoms with Crippen LogP contribution in [0.1, 0.15) is 24.4 Å². The zero-order chi connectivity index (χ0) is 23.7. The Hall–Kier alpha value is -2.66. The third-order valence-electron chi connectivity index (χ3n) is 6.15. The molecule has 2 aromatic carbocycles. The van der Waals surface area contributed by atoms with Crippen molar-refractivity contribution in [1.29, 1.82) is 0 Å². The molecule has 3 aromatic rings. The van der Waals surface area contributed by atoms with Gasteiger partial charge in [-0.2, -0.15) is 9.40 Å². The molecule has 2 aliphatic rings. The van der Waals surface area contributed by atoms with Crippen LogP contribution in [0, 0.1) is 10.6 Å². The van der Waals surface area contributed by atoms with E-state index in [4.69, 9.17) is 12.2 Å². The highest BCUT2D eigenvalue weighted by atomic mass is 32.2. The average Bonchev–Trinajstić information content (AvgIpc) is 3.63. The highest BCUT2D eigenvalue weighted by molar-refractivity contribution is 7.92. The van der Waals surface area contributed by atoms with Crippen LogP contribution in [0.2, 0.25) is 0 Å². The molecule has 1 aromatic heterocycles. The lowest BCUT2D eigenvalue weighted by Crippen LogP contribution is -2.48. The molecule has 1 aliphatic carbocycles. The normalized spacial score (nSPS) is 18.0. The first-order valence-corrected chi connectivity index (χ1v) is 13.2. The van der Waals surface area contributed by atoms with E-state index < -0.39 is 10.0 Å². The van der Waals surface area contributed by atoms with Gasteiger partial charge in [-0.25, -0.2) is 17.5 Å². The molecule has 1 saturated carbocycles. The maximum atomic E-state index is 14.5. The Morgan fingerprint density at radius 1 is 1.00 bits per heavy atom. The summed E-state index contributed by atoms with van der Waals surface area (Å²) in [5.41, 5.74) is 1.29. The highest BCUT2D eigenvalue weighted by Gasteiger charge is 2.31. The van der Waals surface area contributed by atoms with Crippen LogP contribution in [0.15, 0.2) is 60.0 Å². The second-order valence-corrected chi connectivity index (χ2v) is 10.8. The number of hydrogen-bond acceptors (Lipinski definition) is 5. The molecule has 1 aliphatic heterocycles. The van der Waals surface area contributed by atoms with Gasteiger partial charge >= 0.3 is 0 Å². The van der Waals surface area contributed by atoms with Crippen molar-refractivity contribution in [2.24, 2.45) is 0 Å². The van der Waals surface area contributed by atoms with E-state index >= 15 is 0 Å². The van der Waals surface area contributed by atoms with Crippen molar-refractivity contribution in [1.82, 2.24) is 23.6 Å². The van der Waals surface area contributed by atoms with E-state index in [1.807, 2.05) is 34.9 Å². The lowest BCUT2D eigenvalue weighted by atomic mass is 10.2. The Morgan fingerprint density at radius 3 is 2.35 bits per heavy atom. The van der Waals surface area contributed by atoms with Crippen LogP contribution in [0.3, 0.4) is 0 Å². The zero-order valence-corrected chi connectivity index (χ0v) is 20.3. The maximum Gasteiger partial charge on any atom is 0.236 e. The zero-order valence-electron chi connectivity index (χ0n) is 18.6. The van der Waals surface area contributed by atoms with Crippen molar-refractivity contribution < 1.29 is 12.8 Å². The molecule has 34 heavy (non-hydrogen) atoms. The van der Waals surface area contributed by atoms with Gasteiger partial charge < -0.3 is 0 Å². The summed E-state index contributed by atoms with van der Waals surface area (Å²) >= 11 is 5.70. The van der Waals surface area contributed by atoms with Gasteiger partial charge in [0.25, 0.3) is 0 Å². The molecule has 0 bridgehead atoms. The Bertz CT molecular complexity index is 1360. The van der Waals surface area contributed by atoms with Gasteiger partial charge in [-0.3, -0.25) is 9.47 Å². The second kappa shape index (κ2) is 9.53. The van der Waals surface area contributed by atoms with Gasteiger partial charge in [-0.15, -0.1) is 0 Å². The van der Waals surface area contributed by atoms with Gasteiger partial charge in [-0.05, 0) is 48.8 Å². The fourth-order valence-corrected chi connectivity index (χ4v) is 5.64. The van der Waals surface area contributed by atoms with Crippen molar-refractivity contribution in [3.8, 4) is 11.4 Å². The molecule has 0 unspecified atom stereocenters. The lowest BCUT2D eigenvalue weighted by molar-refractivity contribution is 0.145. The molecular weight excluding hydrogens is 473 g/mol. The molecule has 0 radical (unpaired) electrons. The Balaban J connectivity index is 1.28. The number of sulfonamides is 1. The summed E-state index contributed by atoms with van der Waals surface area (Å²) in [6.45, 7) is 2.33. The van der Waals surface area contributed by atoms with E-state index in [1.54, 1.807) is 29.0 Å². The van der Waals surface area contributed by atoms with Crippen molar-refractivity contribution >= 4 is 28.3 Å². The van der Waals surface area contributed by atoms with E-state index in [-0.39, 0.29) is 11.9 Å². The van der Waals surface area contributed by atoms with E-state index in [9.17, 15) is 12.8 Å². The van der Waals surface area contributed by atoms with Gasteiger partial charge in [-0.1, -0.05) is 42.5 Å². The van der Waals surface area contributed by atoms with Crippen LogP contribution >= 0.6 is 12.2 Å². The molecule has 10 heteroatoms. The predicted molar refractivity (Wildman–Crippen MR) is 132 cm³/mol. The third-order valence-corrected chi connectivity index (χ3v) is 8.13. The van der Waals surface area contributed by atoms with Crippen LogP contribution in [-0.2, 0) is 16.7 Å². The summed E-state index contributed by atoms with van der Waals surface area (Å²) in [6, 6.07) is 16.2. The fraction of sp³-hybridized carbons (Fsp3) is 0.333. The molecule has 0 atom stereocenters. The maximum absolute atomic E-state index is 14.5. The summed E-state index contributed by atoms with van der Waals surface area (Å²) < 4.78 is 45.7. The molecule has 2 fully saturated rings. The van der Waals surface area contributed by atoms with Crippen molar-refractivity contribution in [3.63, 3.8) is 0 Å². The van der Waals surface area contributed by atoms with E-state index in [1.165, 1.54) is 15.8 Å². The summed E-state index contributed by atoms with van der Waals surface area (Å²) in [6.07, 6.45) is 3.64. The molecule has 178 valence electrons. The summed E-state index contributed by atoms with van der Waals surface area (Å²) in [5.74, 6) is 0.233. The van der Waals surface area contributed by atoms with Gasteiger partial charge in [0.1, 0.15) is 5.82 Å². The van der Waals surface area contributed by atoms with Crippen LogP contribution in [-0.4, -0.2) is 58.1 Å². The highest BCUT2D eigenvalue weighted by Crippen LogP contribution is 2.39. The molecule has 0 amide bonds. The number of hydrogen-bond donors (Lipinski definition) is 0. The first-order valence-electron chi connectivity index (χ1n) is 11.3. The number of halogens is 1. The molecule has 1 saturated heterocycles. The molecular formula is C24H26FN5O2S2. The molecule has 0 spiro atoms. The number of nitrogens with zero attached hydrogens (tertiary/aromatic N) is 5. The quantitative estimate of drug-likeness (QED) is 0.458. The Morgan fingerprint density at radius 2 is 1.68 bits per heavy atom. The summed E-state index contributed by atoms with van der Waals surface area (Å²) in [7, 11) is -3.50. The Labute approximate surface area is 203 Å². The minimum Gasteiger partial charge on any atom is -0.297 e. The van der Waals surface area contributed by atoms with Crippen LogP contribution in [0.5, 0.6) is 0 Å². The van der Waals surface area contributed by atoms with Crippen molar-refractivity contribution in [2.45, 2.75) is 25.6 Å². The van der Waals surface area contributed by atoms with Crippen LogP contribution in [0.4, 0.5) is 4.39 Å². The third kappa shape index (κ3) is 4.90. The van der Waals surface area contributed by atoms with Gasteiger partial charge in [0, 0.05) is 37.6 Å². The standard InChI is InChI=1S/C24H26FN5O2S2/c25-22-9-5-4-8-21(22)23-26-29(24(33)30(23)20-10-11-20)18-27-13-15-28(16-14-27)34(31,32)17-12-19-6-2-1-3-7-19/h1-9,12,17,20H,10-11,13-16,18H2. The minimum atomic E-state index is -3.50. The lowest BCUT2D eigenvalue weighted by Gasteiger charge is -2.32.